The third kappa shape index (κ3) is 3.81. The first-order valence-corrected chi connectivity index (χ1v) is 6.08. The monoisotopic (exact) mass is 257 g/mol. The zero-order chi connectivity index (χ0) is 13.5. The van der Waals surface area contributed by atoms with Crippen LogP contribution >= 0.6 is 0 Å². The molecular formula is C15H15NO3. The Labute approximate surface area is 112 Å². The van der Waals surface area contributed by atoms with Crippen LogP contribution in [0.3, 0.4) is 0 Å². The molecule has 0 unspecified atom stereocenters. The van der Waals surface area contributed by atoms with Crippen molar-refractivity contribution in [2.24, 2.45) is 0 Å². The SMILES string of the molecule is CCOC(=O)c1ccc(OCc2ccncc2)cc1. The van der Waals surface area contributed by atoms with E-state index in [1.54, 1.807) is 43.6 Å². The number of carbonyl (C=O) groups excluding carboxylic acids is 1. The summed E-state index contributed by atoms with van der Waals surface area (Å²) >= 11 is 0. The highest BCUT2D eigenvalue weighted by Crippen LogP contribution is 2.14. The van der Waals surface area contributed by atoms with E-state index in [4.69, 9.17) is 9.47 Å². The van der Waals surface area contributed by atoms with Crippen LogP contribution in [0.2, 0.25) is 0 Å². The summed E-state index contributed by atoms with van der Waals surface area (Å²) in [6.07, 6.45) is 3.45. The van der Waals surface area contributed by atoms with Crippen molar-refractivity contribution in [3.8, 4) is 5.75 Å². The summed E-state index contributed by atoms with van der Waals surface area (Å²) in [5.41, 5.74) is 1.57. The van der Waals surface area contributed by atoms with E-state index in [1.165, 1.54) is 0 Å². The fourth-order valence-corrected chi connectivity index (χ4v) is 1.55. The molecule has 98 valence electrons. The molecule has 0 amide bonds. The van der Waals surface area contributed by atoms with Crippen molar-refractivity contribution in [2.45, 2.75) is 13.5 Å². The number of rotatable bonds is 5. The fraction of sp³-hybridized carbons (Fsp3) is 0.200. The van der Waals surface area contributed by atoms with E-state index >= 15 is 0 Å². The minimum atomic E-state index is -0.316. The minimum Gasteiger partial charge on any atom is -0.489 e. The Hall–Kier alpha value is -2.36. The molecule has 1 heterocycles. The van der Waals surface area contributed by atoms with E-state index in [9.17, 15) is 4.79 Å². The smallest absolute Gasteiger partial charge is 0.338 e. The van der Waals surface area contributed by atoms with Gasteiger partial charge in [-0.2, -0.15) is 0 Å². The van der Waals surface area contributed by atoms with Gasteiger partial charge in [-0.25, -0.2) is 4.79 Å². The van der Waals surface area contributed by atoms with Crippen LogP contribution < -0.4 is 4.74 Å². The molecule has 0 saturated carbocycles. The third-order valence-electron chi connectivity index (χ3n) is 2.52. The van der Waals surface area contributed by atoms with Gasteiger partial charge in [0.15, 0.2) is 0 Å². The Morgan fingerprint density at radius 1 is 1.11 bits per heavy atom. The van der Waals surface area contributed by atoms with Crippen molar-refractivity contribution in [3.05, 3.63) is 59.9 Å². The summed E-state index contributed by atoms with van der Waals surface area (Å²) in [4.78, 5) is 15.4. The lowest BCUT2D eigenvalue weighted by molar-refractivity contribution is 0.0526. The lowest BCUT2D eigenvalue weighted by Crippen LogP contribution is -2.04. The number of hydrogen-bond donors (Lipinski definition) is 0. The van der Waals surface area contributed by atoms with Gasteiger partial charge in [0, 0.05) is 12.4 Å². The second-order valence-corrected chi connectivity index (χ2v) is 3.89. The molecule has 19 heavy (non-hydrogen) atoms. The van der Waals surface area contributed by atoms with Crippen LogP contribution in [-0.2, 0) is 11.3 Å². The van der Waals surface area contributed by atoms with Gasteiger partial charge in [-0.05, 0) is 48.9 Å². The maximum atomic E-state index is 11.5. The Balaban J connectivity index is 1.94. The van der Waals surface area contributed by atoms with Crippen molar-refractivity contribution in [2.75, 3.05) is 6.61 Å². The second-order valence-electron chi connectivity index (χ2n) is 3.89. The van der Waals surface area contributed by atoms with Crippen LogP contribution in [0.1, 0.15) is 22.8 Å². The van der Waals surface area contributed by atoms with Gasteiger partial charge in [-0.3, -0.25) is 4.98 Å². The molecule has 4 nitrogen and oxygen atoms in total. The number of pyridine rings is 1. The molecule has 0 aliphatic carbocycles. The van der Waals surface area contributed by atoms with Gasteiger partial charge in [0.1, 0.15) is 12.4 Å². The van der Waals surface area contributed by atoms with Crippen LogP contribution in [-0.4, -0.2) is 17.6 Å². The normalized spacial score (nSPS) is 9.95. The average Bonchev–Trinajstić information content (AvgIpc) is 2.47. The molecule has 0 N–H and O–H groups in total. The predicted molar refractivity (Wildman–Crippen MR) is 71.0 cm³/mol. The first-order chi connectivity index (χ1) is 9.29. The standard InChI is InChI=1S/C15H15NO3/c1-2-18-15(17)13-3-5-14(6-4-13)19-11-12-7-9-16-10-8-12/h3-10H,2,11H2,1H3. The lowest BCUT2D eigenvalue weighted by atomic mass is 10.2. The van der Waals surface area contributed by atoms with Gasteiger partial charge in [-0.1, -0.05) is 0 Å². The average molecular weight is 257 g/mol. The molecule has 2 aromatic rings. The van der Waals surface area contributed by atoms with Gasteiger partial charge in [0.05, 0.1) is 12.2 Å². The van der Waals surface area contributed by atoms with Crippen molar-refractivity contribution in [1.82, 2.24) is 4.98 Å². The topological polar surface area (TPSA) is 48.4 Å². The van der Waals surface area contributed by atoms with E-state index in [2.05, 4.69) is 4.98 Å². The quantitative estimate of drug-likeness (QED) is 0.773. The van der Waals surface area contributed by atoms with Gasteiger partial charge < -0.3 is 9.47 Å². The van der Waals surface area contributed by atoms with Gasteiger partial charge >= 0.3 is 5.97 Å². The highest BCUT2D eigenvalue weighted by Gasteiger charge is 2.05. The molecule has 0 aliphatic heterocycles. The number of nitrogens with zero attached hydrogens (tertiary/aromatic N) is 1. The zero-order valence-corrected chi connectivity index (χ0v) is 10.7. The number of carbonyl (C=O) groups is 1. The lowest BCUT2D eigenvalue weighted by Gasteiger charge is -2.07. The number of hydrogen-bond acceptors (Lipinski definition) is 4. The minimum absolute atomic E-state index is 0.316. The van der Waals surface area contributed by atoms with Crippen LogP contribution in [0.4, 0.5) is 0 Å². The van der Waals surface area contributed by atoms with Crippen molar-refractivity contribution in [3.63, 3.8) is 0 Å². The van der Waals surface area contributed by atoms with E-state index in [1.807, 2.05) is 12.1 Å². The van der Waals surface area contributed by atoms with E-state index < -0.39 is 0 Å². The van der Waals surface area contributed by atoms with Crippen LogP contribution in [0.5, 0.6) is 5.75 Å². The van der Waals surface area contributed by atoms with Crippen LogP contribution in [0.25, 0.3) is 0 Å². The molecule has 0 saturated heterocycles. The van der Waals surface area contributed by atoms with Crippen molar-refractivity contribution in [1.29, 1.82) is 0 Å². The molecule has 0 spiro atoms. The number of esters is 1. The Kier molecular flexibility index (Phi) is 4.50. The molecule has 0 aliphatic rings. The van der Waals surface area contributed by atoms with E-state index in [0.29, 0.717) is 24.5 Å². The van der Waals surface area contributed by atoms with E-state index in [-0.39, 0.29) is 5.97 Å². The highest BCUT2D eigenvalue weighted by molar-refractivity contribution is 5.89. The molecule has 1 aromatic carbocycles. The van der Waals surface area contributed by atoms with Gasteiger partial charge in [0.25, 0.3) is 0 Å². The first-order valence-electron chi connectivity index (χ1n) is 6.08. The Morgan fingerprint density at radius 2 is 1.79 bits per heavy atom. The van der Waals surface area contributed by atoms with Crippen molar-refractivity contribution < 1.29 is 14.3 Å². The maximum absolute atomic E-state index is 11.5. The number of benzene rings is 1. The molecule has 4 heteroatoms. The molecule has 0 fully saturated rings. The highest BCUT2D eigenvalue weighted by atomic mass is 16.5. The number of ether oxygens (including phenoxy) is 2. The Morgan fingerprint density at radius 3 is 2.42 bits per heavy atom. The second kappa shape index (κ2) is 6.54. The summed E-state index contributed by atoms with van der Waals surface area (Å²) in [6.45, 7) is 2.63. The fourth-order valence-electron chi connectivity index (χ4n) is 1.55. The summed E-state index contributed by atoms with van der Waals surface area (Å²) in [5.74, 6) is 0.396. The molecule has 0 atom stereocenters. The third-order valence-corrected chi connectivity index (χ3v) is 2.52. The van der Waals surface area contributed by atoms with Crippen LogP contribution in [0, 0.1) is 0 Å². The first kappa shape index (κ1) is 13.1. The predicted octanol–water partition coefficient (Wildman–Crippen LogP) is 2.84. The molecular weight excluding hydrogens is 242 g/mol. The molecule has 1 aromatic heterocycles. The van der Waals surface area contributed by atoms with Crippen LogP contribution in [0.15, 0.2) is 48.8 Å². The van der Waals surface area contributed by atoms with Crippen molar-refractivity contribution >= 4 is 5.97 Å². The maximum Gasteiger partial charge on any atom is 0.338 e. The summed E-state index contributed by atoms with van der Waals surface area (Å²) in [6, 6.07) is 10.7. The summed E-state index contributed by atoms with van der Waals surface area (Å²) < 4.78 is 10.5. The van der Waals surface area contributed by atoms with Gasteiger partial charge in [0.2, 0.25) is 0 Å². The molecule has 0 radical (unpaired) electrons. The zero-order valence-electron chi connectivity index (χ0n) is 10.7. The Bertz CT molecular complexity index is 523. The molecule has 0 bridgehead atoms. The summed E-state index contributed by atoms with van der Waals surface area (Å²) in [5, 5.41) is 0. The molecule has 2 rings (SSSR count). The van der Waals surface area contributed by atoms with E-state index in [0.717, 1.165) is 5.56 Å². The number of aromatic nitrogens is 1. The van der Waals surface area contributed by atoms with Gasteiger partial charge in [-0.15, -0.1) is 0 Å². The summed E-state index contributed by atoms with van der Waals surface area (Å²) in [7, 11) is 0. The largest absolute Gasteiger partial charge is 0.489 e.